The van der Waals surface area contributed by atoms with E-state index in [1.54, 1.807) is 12.3 Å². The Hall–Kier alpha value is -3.62. The van der Waals surface area contributed by atoms with Crippen LogP contribution in [0.5, 0.6) is 0 Å². The van der Waals surface area contributed by atoms with Crippen LogP contribution in [0.2, 0.25) is 0 Å². The summed E-state index contributed by atoms with van der Waals surface area (Å²) < 4.78 is 20.0. The number of rotatable bonds is 5. The van der Waals surface area contributed by atoms with Crippen LogP contribution < -0.4 is 5.32 Å². The SMILES string of the molecule is CC(C)(C)c1nc(C(=O)NCc2ccc(-c3ccnc4[nH]c(C5CC5)nc34)cc2F)no1. The number of nitrogens with zero attached hydrogens (tertiary/aromatic N) is 4. The second kappa shape index (κ2) is 7.51. The van der Waals surface area contributed by atoms with E-state index in [9.17, 15) is 9.18 Å². The normalized spacial score (nSPS) is 14.1. The van der Waals surface area contributed by atoms with Crippen molar-refractivity contribution in [1.82, 2.24) is 30.4 Å². The van der Waals surface area contributed by atoms with Crippen molar-refractivity contribution in [2.75, 3.05) is 0 Å². The second-order valence-electron chi connectivity index (χ2n) is 9.11. The van der Waals surface area contributed by atoms with Gasteiger partial charge in [0.2, 0.25) is 5.89 Å². The highest BCUT2D eigenvalue weighted by Crippen LogP contribution is 2.39. The summed E-state index contributed by atoms with van der Waals surface area (Å²) >= 11 is 0. The van der Waals surface area contributed by atoms with Crippen molar-refractivity contribution in [1.29, 1.82) is 0 Å². The number of aromatic amines is 1. The molecular weight excluding hydrogens is 411 g/mol. The molecule has 1 aliphatic carbocycles. The van der Waals surface area contributed by atoms with Crippen LogP contribution in [0.25, 0.3) is 22.3 Å². The summed E-state index contributed by atoms with van der Waals surface area (Å²) in [6, 6.07) is 6.76. The number of H-pyrrole nitrogens is 1. The molecule has 0 spiro atoms. The first-order valence-corrected chi connectivity index (χ1v) is 10.6. The highest BCUT2D eigenvalue weighted by atomic mass is 19.1. The van der Waals surface area contributed by atoms with Gasteiger partial charge in [0.1, 0.15) is 17.2 Å². The predicted octanol–water partition coefficient (Wildman–Crippen LogP) is 4.25. The van der Waals surface area contributed by atoms with Crippen molar-refractivity contribution in [2.24, 2.45) is 0 Å². The molecule has 0 radical (unpaired) electrons. The van der Waals surface area contributed by atoms with Crippen LogP contribution in [-0.4, -0.2) is 31.0 Å². The standard InChI is InChI=1S/C23H23FN6O2/c1-23(2,3)22-29-20(30-32-22)21(31)26-11-14-7-6-13(10-16(14)24)15-8-9-25-19-17(15)27-18(28-19)12-4-5-12/h6-10,12H,4-5,11H2,1-3H3,(H,26,31)(H,25,27,28). The van der Waals surface area contributed by atoms with Gasteiger partial charge in [0, 0.05) is 35.2 Å². The molecule has 0 unspecified atom stereocenters. The zero-order valence-corrected chi connectivity index (χ0v) is 18.1. The molecule has 0 bridgehead atoms. The number of hydrogen-bond donors (Lipinski definition) is 2. The molecule has 0 atom stereocenters. The number of nitrogens with one attached hydrogen (secondary N) is 2. The predicted molar refractivity (Wildman–Crippen MR) is 115 cm³/mol. The molecule has 2 N–H and O–H groups in total. The van der Waals surface area contributed by atoms with Crippen LogP contribution in [0.4, 0.5) is 4.39 Å². The summed E-state index contributed by atoms with van der Waals surface area (Å²) in [6.45, 7) is 5.73. The third-order valence-corrected chi connectivity index (χ3v) is 5.44. The monoisotopic (exact) mass is 434 g/mol. The number of carbonyl (C=O) groups is 1. The lowest BCUT2D eigenvalue weighted by molar-refractivity contribution is 0.0937. The number of carbonyl (C=O) groups excluding carboxylic acids is 1. The lowest BCUT2D eigenvalue weighted by Gasteiger charge is -2.10. The Balaban J connectivity index is 1.33. The van der Waals surface area contributed by atoms with Crippen molar-refractivity contribution >= 4 is 17.1 Å². The van der Waals surface area contributed by atoms with Crippen molar-refractivity contribution in [3.8, 4) is 11.1 Å². The number of hydrogen-bond acceptors (Lipinski definition) is 6. The summed E-state index contributed by atoms with van der Waals surface area (Å²) in [5, 5.41) is 6.35. The van der Waals surface area contributed by atoms with E-state index in [0.29, 0.717) is 28.6 Å². The Labute approximate surface area is 183 Å². The molecule has 1 aromatic carbocycles. The summed E-state index contributed by atoms with van der Waals surface area (Å²) in [5.74, 6) is 0.761. The molecule has 32 heavy (non-hydrogen) atoms. The number of imidazole rings is 1. The molecule has 8 nitrogen and oxygen atoms in total. The number of fused-ring (bicyclic) bond motifs is 1. The lowest BCUT2D eigenvalue weighted by Crippen LogP contribution is -2.24. The van der Waals surface area contributed by atoms with Gasteiger partial charge in [0.15, 0.2) is 5.65 Å². The number of amides is 1. The third-order valence-electron chi connectivity index (χ3n) is 5.44. The summed E-state index contributed by atoms with van der Waals surface area (Å²) in [6.07, 6.45) is 3.95. The maximum absolute atomic E-state index is 14.8. The molecule has 4 aromatic rings. The Bertz CT molecular complexity index is 1320. The fourth-order valence-corrected chi connectivity index (χ4v) is 3.44. The van der Waals surface area contributed by atoms with Gasteiger partial charge in [-0.2, -0.15) is 4.98 Å². The Kier molecular flexibility index (Phi) is 4.76. The number of halogens is 1. The summed E-state index contributed by atoms with van der Waals surface area (Å²) in [7, 11) is 0. The van der Waals surface area contributed by atoms with E-state index >= 15 is 0 Å². The van der Waals surface area contributed by atoms with Crippen molar-refractivity contribution in [3.63, 3.8) is 0 Å². The molecule has 1 aliphatic rings. The van der Waals surface area contributed by atoms with Gasteiger partial charge in [-0.25, -0.2) is 14.4 Å². The first kappa shape index (κ1) is 20.3. The minimum Gasteiger partial charge on any atom is -0.345 e. The first-order chi connectivity index (χ1) is 15.3. The molecular formula is C23H23FN6O2. The van der Waals surface area contributed by atoms with Gasteiger partial charge < -0.3 is 14.8 Å². The average Bonchev–Trinajstić information content (AvgIpc) is 3.30. The molecule has 3 heterocycles. The molecule has 5 rings (SSSR count). The quantitative estimate of drug-likeness (QED) is 0.486. The van der Waals surface area contributed by atoms with Gasteiger partial charge in [0.05, 0.1) is 0 Å². The number of benzene rings is 1. The number of aromatic nitrogens is 5. The largest absolute Gasteiger partial charge is 0.345 e. The van der Waals surface area contributed by atoms with Crippen molar-refractivity contribution in [2.45, 2.75) is 51.5 Å². The van der Waals surface area contributed by atoms with Gasteiger partial charge in [-0.05, 0) is 30.5 Å². The van der Waals surface area contributed by atoms with E-state index in [0.717, 1.165) is 29.7 Å². The molecule has 1 saturated carbocycles. The van der Waals surface area contributed by atoms with Gasteiger partial charge in [0.25, 0.3) is 11.7 Å². The Morgan fingerprint density at radius 2 is 2.06 bits per heavy atom. The summed E-state index contributed by atoms with van der Waals surface area (Å²) in [4.78, 5) is 28.8. The van der Waals surface area contributed by atoms with Crippen LogP contribution in [-0.2, 0) is 12.0 Å². The molecule has 9 heteroatoms. The van der Waals surface area contributed by atoms with Crippen molar-refractivity contribution in [3.05, 3.63) is 59.4 Å². The second-order valence-corrected chi connectivity index (χ2v) is 9.11. The molecule has 1 amide bonds. The van der Waals surface area contributed by atoms with Gasteiger partial charge >= 0.3 is 0 Å². The number of pyridine rings is 1. The molecule has 1 fully saturated rings. The van der Waals surface area contributed by atoms with E-state index in [4.69, 9.17) is 9.51 Å². The minimum absolute atomic E-state index is 0.00429. The zero-order chi connectivity index (χ0) is 22.5. The fraction of sp³-hybridized carbons (Fsp3) is 0.348. The third kappa shape index (κ3) is 3.86. The fourth-order valence-electron chi connectivity index (χ4n) is 3.44. The van der Waals surface area contributed by atoms with E-state index < -0.39 is 11.7 Å². The molecule has 164 valence electrons. The van der Waals surface area contributed by atoms with Crippen molar-refractivity contribution < 1.29 is 13.7 Å². The summed E-state index contributed by atoms with van der Waals surface area (Å²) in [5.41, 5.74) is 2.95. The maximum atomic E-state index is 14.8. The van der Waals surface area contributed by atoms with E-state index in [1.807, 2.05) is 32.9 Å². The minimum atomic E-state index is -0.521. The first-order valence-electron chi connectivity index (χ1n) is 10.6. The zero-order valence-electron chi connectivity index (χ0n) is 18.1. The van der Waals surface area contributed by atoms with Crippen LogP contribution in [0, 0.1) is 5.82 Å². The van der Waals surface area contributed by atoms with Crippen LogP contribution in [0.3, 0.4) is 0 Å². The van der Waals surface area contributed by atoms with Crippen LogP contribution in [0.15, 0.2) is 35.0 Å². The molecule has 0 saturated heterocycles. The Morgan fingerprint density at radius 1 is 1.25 bits per heavy atom. The van der Waals surface area contributed by atoms with Gasteiger partial charge in [-0.15, -0.1) is 0 Å². The van der Waals surface area contributed by atoms with E-state index in [-0.39, 0.29) is 17.8 Å². The topological polar surface area (TPSA) is 110 Å². The highest BCUT2D eigenvalue weighted by molar-refractivity contribution is 5.91. The van der Waals surface area contributed by atoms with E-state index in [1.165, 1.54) is 6.07 Å². The maximum Gasteiger partial charge on any atom is 0.292 e. The highest BCUT2D eigenvalue weighted by Gasteiger charge is 2.28. The molecule has 0 aliphatic heterocycles. The van der Waals surface area contributed by atoms with Gasteiger partial charge in [-0.1, -0.05) is 38.1 Å². The van der Waals surface area contributed by atoms with E-state index in [2.05, 4.69) is 25.4 Å². The van der Waals surface area contributed by atoms with Crippen LogP contribution >= 0.6 is 0 Å². The Morgan fingerprint density at radius 3 is 2.75 bits per heavy atom. The van der Waals surface area contributed by atoms with Gasteiger partial charge in [-0.3, -0.25) is 4.79 Å². The molecule has 3 aromatic heterocycles. The van der Waals surface area contributed by atoms with Crippen LogP contribution in [0.1, 0.15) is 67.4 Å². The lowest BCUT2D eigenvalue weighted by atomic mass is 9.97. The average molecular weight is 434 g/mol. The smallest absolute Gasteiger partial charge is 0.292 e.